The molecule has 0 aliphatic carbocycles. The van der Waals surface area contributed by atoms with Gasteiger partial charge in [-0.05, 0) is 37.4 Å². The van der Waals surface area contributed by atoms with Crippen LogP contribution in [0, 0.1) is 0 Å². The van der Waals surface area contributed by atoms with E-state index in [4.69, 9.17) is 16.3 Å². The summed E-state index contributed by atoms with van der Waals surface area (Å²) in [7, 11) is 0. The number of carbonyl (C=O) groups is 3. The lowest BCUT2D eigenvalue weighted by atomic mass is 10.2. The molecule has 0 aromatic heterocycles. The Labute approximate surface area is 166 Å². The average Bonchev–Trinajstić information content (AvgIpc) is 2.66. The highest BCUT2D eigenvalue weighted by atomic mass is 35.5. The third-order valence-electron chi connectivity index (χ3n) is 3.55. The highest BCUT2D eigenvalue weighted by Gasteiger charge is 2.20. The topological polar surface area (TPSA) is 84.5 Å². The smallest absolute Gasteiger partial charge is 0.328 e. The standard InChI is InChI=1S/C19H19ClN2O4S/c1-12(21-18(24)13-7-3-4-8-14(13)20)19(25)26-11-17(23)22-15-9-5-6-10-16(15)27-2/h3-10,12H,11H2,1-2H3,(H,21,24)(H,22,23)/t12-/m0/s1. The van der Waals surface area contributed by atoms with E-state index in [2.05, 4.69) is 10.6 Å². The van der Waals surface area contributed by atoms with Crippen molar-refractivity contribution in [2.45, 2.75) is 17.9 Å². The zero-order valence-corrected chi connectivity index (χ0v) is 16.4. The molecule has 0 aliphatic rings. The number of carbonyl (C=O) groups excluding carboxylic acids is 3. The van der Waals surface area contributed by atoms with E-state index in [0.29, 0.717) is 5.69 Å². The van der Waals surface area contributed by atoms with Crippen LogP contribution in [0.15, 0.2) is 53.4 Å². The Bertz CT molecular complexity index is 844. The SMILES string of the molecule is CSc1ccccc1NC(=O)COC(=O)[C@H](C)NC(=O)c1ccccc1Cl. The molecule has 2 aromatic rings. The number of halogens is 1. The first-order valence-corrected chi connectivity index (χ1v) is 9.67. The molecule has 0 unspecified atom stereocenters. The highest BCUT2D eigenvalue weighted by Crippen LogP contribution is 2.24. The number of anilines is 1. The van der Waals surface area contributed by atoms with Gasteiger partial charge in [0.2, 0.25) is 0 Å². The van der Waals surface area contributed by atoms with Crippen LogP contribution in [0.25, 0.3) is 0 Å². The first-order chi connectivity index (χ1) is 12.9. The van der Waals surface area contributed by atoms with Crippen molar-refractivity contribution in [3.63, 3.8) is 0 Å². The number of esters is 1. The van der Waals surface area contributed by atoms with Crippen LogP contribution in [0.1, 0.15) is 17.3 Å². The minimum absolute atomic E-state index is 0.255. The zero-order valence-electron chi connectivity index (χ0n) is 14.8. The fourth-order valence-electron chi connectivity index (χ4n) is 2.17. The van der Waals surface area contributed by atoms with Gasteiger partial charge in [-0.15, -0.1) is 11.8 Å². The van der Waals surface area contributed by atoms with E-state index in [0.717, 1.165) is 4.90 Å². The summed E-state index contributed by atoms with van der Waals surface area (Å²) in [5, 5.41) is 5.46. The maximum absolute atomic E-state index is 12.1. The molecule has 2 amide bonds. The first kappa shape index (κ1) is 20.8. The van der Waals surface area contributed by atoms with Gasteiger partial charge in [-0.2, -0.15) is 0 Å². The van der Waals surface area contributed by atoms with Crippen molar-refractivity contribution in [1.82, 2.24) is 5.32 Å². The van der Waals surface area contributed by atoms with Crippen LogP contribution in [0.2, 0.25) is 5.02 Å². The van der Waals surface area contributed by atoms with E-state index in [1.165, 1.54) is 18.7 Å². The molecule has 0 fully saturated rings. The molecule has 0 radical (unpaired) electrons. The average molecular weight is 407 g/mol. The number of hydrogen-bond donors (Lipinski definition) is 2. The molecule has 27 heavy (non-hydrogen) atoms. The van der Waals surface area contributed by atoms with Crippen LogP contribution in [0.5, 0.6) is 0 Å². The Kier molecular flexibility index (Phi) is 7.69. The fourth-order valence-corrected chi connectivity index (χ4v) is 2.95. The second-order valence-corrected chi connectivity index (χ2v) is 6.79. The lowest BCUT2D eigenvalue weighted by molar-refractivity contribution is -0.148. The predicted molar refractivity (Wildman–Crippen MR) is 106 cm³/mol. The molecule has 8 heteroatoms. The van der Waals surface area contributed by atoms with Gasteiger partial charge in [0.25, 0.3) is 11.8 Å². The number of nitrogens with one attached hydrogen (secondary N) is 2. The summed E-state index contributed by atoms with van der Waals surface area (Å²) in [6, 6.07) is 12.9. The molecule has 0 saturated carbocycles. The summed E-state index contributed by atoms with van der Waals surface area (Å²) in [4.78, 5) is 37.1. The van der Waals surface area contributed by atoms with Crippen molar-refractivity contribution >= 4 is 46.8 Å². The third kappa shape index (κ3) is 6.01. The van der Waals surface area contributed by atoms with Crippen LogP contribution < -0.4 is 10.6 Å². The molecule has 0 heterocycles. The summed E-state index contributed by atoms with van der Waals surface area (Å²) >= 11 is 7.45. The second kappa shape index (κ2) is 9.99. The van der Waals surface area contributed by atoms with Gasteiger partial charge in [0.15, 0.2) is 6.61 Å². The van der Waals surface area contributed by atoms with Crippen molar-refractivity contribution in [2.24, 2.45) is 0 Å². The van der Waals surface area contributed by atoms with Gasteiger partial charge in [-0.25, -0.2) is 4.79 Å². The number of hydrogen-bond acceptors (Lipinski definition) is 5. The zero-order chi connectivity index (χ0) is 19.8. The minimum atomic E-state index is -0.931. The van der Waals surface area contributed by atoms with Gasteiger partial charge in [-0.1, -0.05) is 35.9 Å². The summed E-state index contributed by atoms with van der Waals surface area (Å²) in [6.45, 7) is 1.02. The maximum Gasteiger partial charge on any atom is 0.328 e. The predicted octanol–water partition coefficient (Wildman–Crippen LogP) is 3.36. The summed E-state index contributed by atoms with van der Waals surface area (Å²) in [6.07, 6.45) is 1.90. The number of thioether (sulfide) groups is 1. The van der Waals surface area contributed by atoms with E-state index in [-0.39, 0.29) is 10.6 Å². The minimum Gasteiger partial charge on any atom is -0.454 e. The molecule has 0 bridgehead atoms. The molecule has 1 atom stereocenters. The first-order valence-electron chi connectivity index (χ1n) is 8.07. The highest BCUT2D eigenvalue weighted by molar-refractivity contribution is 7.98. The molecule has 0 saturated heterocycles. The molecule has 142 valence electrons. The van der Waals surface area contributed by atoms with E-state index in [1.54, 1.807) is 36.4 Å². The fraction of sp³-hybridized carbons (Fsp3) is 0.211. The lowest BCUT2D eigenvalue weighted by Crippen LogP contribution is -2.40. The molecule has 2 rings (SSSR count). The van der Waals surface area contributed by atoms with Gasteiger partial charge in [-0.3, -0.25) is 9.59 Å². The van der Waals surface area contributed by atoms with Crippen molar-refractivity contribution in [1.29, 1.82) is 0 Å². The van der Waals surface area contributed by atoms with Crippen LogP contribution in [-0.2, 0) is 14.3 Å². The summed E-state index contributed by atoms with van der Waals surface area (Å²) < 4.78 is 4.97. The molecule has 2 aromatic carbocycles. The number of rotatable bonds is 7. The van der Waals surface area contributed by atoms with Crippen molar-refractivity contribution in [3.05, 3.63) is 59.1 Å². The Balaban J connectivity index is 1.85. The molecule has 0 spiro atoms. The Morgan fingerprint density at radius 1 is 1.11 bits per heavy atom. The van der Waals surface area contributed by atoms with E-state index < -0.39 is 30.4 Å². The number of amides is 2. The van der Waals surface area contributed by atoms with Crippen LogP contribution in [0.3, 0.4) is 0 Å². The van der Waals surface area contributed by atoms with Crippen molar-refractivity contribution in [3.8, 4) is 0 Å². The molecular formula is C19H19ClN2O4S. The Hall–Kier alpha value is -2.51. The van der Waals surface area contributed by atoms with Crippen molar-refractivity contribution < 1.29 is 19.1 Å². The number of ether oxygens (including phenoxy) is 1. The molecule has 0 aliphatic heterocycles. The van der Waals surface area contributed by atoms with Gasteiger partial charge in [0, 0.05) is 4.90 Å². The van der Waals surface area contributed by atoms with E-state index in [1.807, 2.05) is 18.4 Å². The normalized spacial score (nSPS) is 11.4. The molecular weight excluding hydrogens is 388 g/mol. The third-order valence-corrected chi connectivity index (χ3v) is 4.67. The number of para-hydroxylation sites is 1. The summed E-state index contributed by atoms with van der Waals surface area (Å²) in [5.41, 5.74) is 0.899. The quantitative estimate of drug-likeness (QED) is 0.544. The van der Waals surface area contributed by atoms with Crippen LogP contribution in [0.4, 0.5) is 5.69 Å². The van der Waals surface area contributed by atoms with Gasteiger partial charge < -0.3 is 15.4 Å². The van der Waals surface area contributed by atoms with E-state index >= 15 is 0 Å². The van der Waals surface area contributed by atoms with Gasteiger partial charge in [0.1, 0.15) is 6.04 Å². The Morgan fingerprint density at radius 3 is 2.48 bits per heavy atom. The van der Waals surface area contributed by atoms with Gasteiger partial charge in [0.05, 0.1) is 16.3 Å². The van der Waals surface area contributed by atoms with Crippen LogP contribution in [-0.4, -0.2) is 36.7 Å². The van der Waals surface area contributed by atoms with E-state index in [9.17, 15) is 14.4 Å². The molecule has 6 nitrogen and oxygen atoms in total. The maximum atomic E-state index is 12.1. The van der Waals surface area contributed by atoms with Gasteiger partial charge >= 0.3 is 5.97 Å². The largest absolute Gasteiger partial charge is 0.454 e. The monoisotopic (exact) mass is 406 g/mol. The van der Waals surface area contributed by atoms with Crippen molar-refractivity contribution in [2.75, 3.05) is 18.2 Å². The Morgan fingerprint density at radius 2 is 1.78 bits per heavy atom. The lowest BCUT2D eigenvalue weighted by Gasteiger charge is -2.14. The molecule has 2 N–H and O–H groups in total. The number of benzene rings is 2. The van der Waals surface area contributed by atoms with Crippen LogP contribution >= 0.6 is 23.4 Å². The summed E-state index contributed by atoms with van der Waals surface area (Å²) in [5.74, 6) is -1.68. The second-order valence-electron chi connectivity index (χ2n) is 5.53.